The number of nitriles is 1. The molecule has 7 nitrogen and oxygen atoms in total. The summed E-state index contributed by atoms with van der Waals surface area (Å²) in [6.07, 6.45) is 0. The Kier molecular flexibility index (Phi) is 5.54. The molecule has 1 amide bonds. The zero-order valence-electron chi connectivity index (χ0n) is 15.8. The summed E-state index contributed by atoms with van der Waals surface area (Å²) in [4.78, 5) is 15.6. The van der Waals surface area contributed by atoms with Gasteiger partial charge in [-0.15, -0.1) is 0 Å². The lowest BCUT2D eigenvalue weighted by molar-refractivity contribution is 0.0940. The SMILES string of the molecule is COc1cc(OC)c2cc(C(=O)NC(C#N)c3ccc(F)cc3F)[nH]c2c1OC. The molecule has 0 saturated carbocycles. The second-order valence-corrected chi connectivity index (χ2v) is 5.99. The minimum absolute atomic E-state index is 0.0904. The number of aromatic amines is 1. The highest BCUT2D eigenvalue weighted by molar-refractivity contribution is 6.02. The van der Waals surface area contributed by atoms with Crippen molar-refractivity contribution in [2.24, 2.45) is 0 Å². The molecule has 1 aromatic heterocycles. The Hall–Kier alpha value is -3.80. The van der Waals surface area contributed by atoms with Crippen LogP contribution in [-0.2, 0) is 0 Å². The molecule has 0 saturated heterocycles. The van der Waals surface area contributed by atoms with Crippen molar-refractivity contribution in [1.29, 1.82) is 5.26 Å². The number of benzene rings is 2. The number of hydrogen-bond acceptors (Lipinski definition) is 5. The highest BCUT2D eigenvalue weighted by Gasteiger charge is 2.23. The summed E-state index contributed by atoms with van der Waals surface area (Å²) in [5.41, 5.74) is 0.401. The van der Waals surface area contributed by atoms with Gasteiger partial charge >= 0.3 is 0 Å². The third-order valence-electron chi connectivity index (χ3n) is 4.36. The molecule has 2 aromatic carbocycles. The van der Waals surface area contributed by atoms with E-state index in [1.54, 1.807) is 12.1 Å². The van der Waals surface area contributed by atoms with Crippen molar-refractivity contribution < 1.29 is 27.8 Å². The molecule has 0 aliphatic rings. The van der Waals surface area contributed by atoms with Crippen molar-refractivity contribution in [3.8, 4) is 23.3 Å². The van der Waals surface area contributed by atoms with E-state index in [2.05, 4.69) is 10.3 Å². The number of hydrogen-bond donors (Lipinski definition) is 2. The molecule has 2 N–H and O–H groups in total. The van der Waals surface area contributed by atoms with Crippen LogP contribution in [0.1, 0.15) is 22.1 Å². The van der Waals surface area contributed by atoms with Crippen LogP contribution >= 0.6 is 0 Å². The summed E-state index contributed by atoms with van der Waals surface area (Å²) >= 11 is 0. The maximum Gasteiger partial charge on any atom is 0.269 e. The summed E-state index contributed by atoms with van der Waals surface area (Å²) in [6, 6.07) is 6.39. The van der Waals surface area contributed by atoms with Gasteiger partial charge in [0.2, 0.25) is 0 Å². The van der Waals surface area contributed by atoms with Crippen LogP contribution in [0.4, 0.5) is 8.78 Å². The van der Waals surface area contributed by atoms with Gasteiger partial charge in [0.05, 0.1) is 32.9 Å². The lowest BCUT2D eigenvalue weighted by Crippen LogP contribution is -2.28. The van der Waals surface area contributed by atoms with Crippen LogP contribution in [0.15, 0.2) is 30.3 Å². The van der Waals surface area contributed by atoms with Crippen molar-refractivity contribution >= 4 is 16.8 Å². The molecular weight excluding hydrogens is 384 g/mol. The zero-order valence-corrected chi connectivity index (χ0v) is 15.8. The molecule has 0 radical (unpaired) electrons. The average molecular weight is 401 g/mol. The van der Waals surface area contributed by atoms with Crippen LogP contribution in [-0.4, -0.2) is 32.2 Å². The van der Waals surface area contributed by atoms with E-state index in [0.29, 0.717) is 34.2 Å². The van der Waals surface area contributed by atoms with E-state index in [1.807, 2.05) is 0 Å². The number of halogens is 2. The van der Waals surface area contributed by atoms with Crippen LogP contribution in [0.3, 0.4) is 0 Å². The Balaban J connectivity index is 1.99. The molecule has 9 heteroatoms. The van der Waals surface area contributed by atoms with Gasteiger partial charge in [-0.05, 0) is 12.1 Å². The number of rotatable bonds is 6. The maximum absolute atomic E-state index is 14.0. The van der Waals surface area contributed by atoms with E-state index in [4.69, 9.17) is 14.2 Å². The first kappa shape index (κ1) is 19.9. The van der Waals surface area contributed by atoms with Crippen LogP contribution < -0.4 is 19.5 Å². The van der Waals surface area contributed by atoms with Gasteiger partial charge in [-0.25, -0.2) is 8.78 Å². The minimum Gasteiger partial charge on any atom is -0.496 e. The van der Waals surface area contributed by atoms with Gasteiger partial charge in [-0.2, -0.15) is 5.26 Å². The molecule has 1 atom stereocenters. The van der Waals surface area contributed by atoms with E-state index >= 15 is 0 Å². The summed E-state index contributed by atoms with van der Waals surface area (Å²) < 4.78 is 43.1. The third-order valence-corrected chi connectivity index (χ3v) is 4.36. The third kappa shape index (κ3) is 3.65. The Morgan fingerprint density at radius 1 is 1.10 bits per heavy atom. The van der Waals surface area contributed by atoms with E-state index in [1.165, 1.54) is 27.4 Å². The summed E-state index contributed by atoms with van der Waals surface area (Å²) in [5, 5.41) is 12.3. The highest BCUT2D eigenvalue weighted by atomic mass is 19.1. The van der Waals surface area contributed by atoms with E-state index in [0.717, 1.165) is 12.1 Å². The number of aromatic nitrogens is 1. The maximum atomic E-state index is 14.0. The first-order chi connectivity index (χ1) is 13.9. The fourth-order valence-corrected chi connectivity index (χ4v) is 2.98. The monoisotopic (exact) mass is 401 g/mol. The van der Waals surface area contributed by atoms with Crippen LogP contribution in [0.5, 0.6) is 17.2 Å². The molecule has 0 aliphatic heterocycles. The first-order valence-corrected chi connectivity index (χ1v) is 8.40. The van der Waals surface area contributed by atoms with Gasteiger partial charge in [0.15, 0.2) is 11.5 Å². The van der Waals surface area contributed by atoms with Crippen molar-refractivity contribution in [2.45, 2.75) is 6.04 Å². The fraction of sp³-hybridized carbons (Fsp3) is 0.200. The van der Waals surface area contributed by atoms with E-state index in [-0.39, 0.29) is 11.3 Å². The van der Waals surface area contributed by atoms with E-state index < -0.39 is 23.6 Å². The lowest BCUT2D eigenvalue weighted by atomic mass is 10.1. The second-order valence-electron chi connectivity index (χ2n) is 5.99. The van der Waals surface area contributed by atoms with E-state index in [9.17, 15) is 18.8 Å². The van der Waals surface area contributed by atoms with Gasteiger partial charge in [0.25, 0.3) is 5.91 Å². The van der Waals surface area contributed by atoms with Crippen molar-refractivity contribution in [2.75, 3.05) is 21.3 Å². The normalized spacial score (nSPS) is 11.6. The lowest BCUT2D eigenvalue weighted by Gasteiger charge is -2.12. The molecule has 150 valence electrons. The predicted molar refractivity (Wildman–Crippen MR) is 100 cm³/mol. The molecule has 0 aliphatic carbocycles. The topological polar surface area (TPSA) is 96.4 Å². The molecule has 1 unspecified atom stereocenters. The molecule has 29 heavy (non-hydrogen) atoms. The standard InChI is InChI=1S/C20H17F2N3O4/c1-27-16-8-17(28-2)19(29-3)18-12(16)7-14(24-18)20(26)25-15(9-23)11-5-4-10(21)6-13(11)22/h4-8,15,24H,1-3H3,(H,25,26). The number of ether oxygens (including phenoxy) is 3. The average Bonchev–Trinajstić information content (AvgIpc) is 3.16. The quantitative estimate of drug-likeness (QED) is 0.659. The Labute approximate surface area is 164 Å². The number of nitrogens with one attached hydrogen (secondary N) is 2. The summed E-state index contributed by atoms with van der Waals surface area (Å²) in [5.74, 6) is -1.17. The van der Waals surface area contributed by atoms with Crippen LogP contribution in [0, 0.1) is 23.0 Å². The second kappa shape index (κ2) is 8.06. The smallest absolute Gasteiger partial charge is 0.269 e. The molecule has 0 bridgehead atoms. The van der Waals surface area contributed by atoms with Crippen LogP contribution in [0.25, 0.3) is 10.9 Å². The number of fused-ring (bicyclic) bond motifs is 1. The summed E-state index contributed by atoms with van der Waals surface area (Å²) in [6.45, 7) is 0. The molecule has 0 fully saturated rings. The number of carbonyl (C=O) groups excluding carboxylic acids is 1. The number of H-pyrrole nitrogens is 1. The van der Waals surface area contributed by atoms with Gasteiger partial charge in [0.1, 0.15) is 29.1 Å². The van der Waals surface area contributed by atoms with Crippen molar-refractivity contribution in [1.82, 2.24) is 10.3 Å². The molecular formula is C20H17F2N3O4. The van der Waals surface area contributed by atoms with Gasteiger partial charge in [-0.3, -0.25) is 4.79 Å². The Morgan fingerprint density at radius 3 is 2.41 bits per heavy atom. The predicted octanol–water partition coefficient (Wildman–Crippen LogP) is 3.47. The number of methoxy groups -OCH3 is 3. The molecule has 0 spiro atoms. The largest absolute Gasteiger partial charge is 0.496 e. The molecule has 3 aromatic rings. The first-order valence-electron chi connectivity index (χ1n) is 8.40. The van der Waals surface area contributed by atoms with Crippen molar-refractivity contribution in [3.05, 3.63) is 53.2 Å². The van der Waals surface area contributed by atoms with Crippen molar-refractivity contribution in [3.63, 3.8) is 0 Å². The Bertz CT molecular complexity index is 1120. The highest BCUT2D eigenvalue weighted by Crippen LogP contribution is 2.41. The number of amides is 1. The van der Waals surface area contributed by atoms with Gasteiger partial charge < -0.3 is 24.5 Å². The summed E-state index contributed by atoms with van der Waals surface area (Å²) in [7, 11) is 4.39. The molecule has 3 rings (SSSR count). The molecule has 1 heterocycles. The fourth-order valence-electron chi connectivity index (χ4n) is 2.98. The Morgan fingerprint density at radius 2 is 1.83 bits per heavy atom. The number of nitrogens with zero attached hydrogens (tertiary/aromatic N) is 1. The van der Waals surface area contributed by atoms with Gasteiger partial charge in [0, 0.05) is 23.1 Å². The minimum atomic E-state index is -1.31. The van der Waals surface area contributed by atoms with Gasteiger partial charge in [-0.1, -0.05) is 6.07 Å². The zero-order chi connectivity index (χ0) is 21.1. The number of carbonyl (C=O) groups is 1. The van der Waals surface area contributed by atoms with Crippen LogP contribution in [0.2, 0.25) is 0 Å².